The molecule has 0 radical (unpaired) electrons. The van der Waals surface area contributed by atoms with Crippen molar-refractivity contribution >= 4 is 45.5 Å². The molecule has 0 atom stereocenters. The number of alkyl halides is 2. The average molecular weight is 474 g/mol. The van der Waals surface area contributed by atoms with Crippen LogP contribution in [0.3, 0.4) is 0 Å². The van der Waals surface area contributed by atoms with Crippen LogP contribution in [0.15, 0.2) is 57.9 Å². The summed E-state index contributed by atoms with van der Waals surface area (Å²) in [6.07, 6.45) is 0. The SMILES string of the molecule is O=C(COC(=O)CSc1ccc(Br)cc1)NC(=O)c1ccc(OC(F)F)cc1. The van der Waals surface area contributed by atoms with Crippen LogP contribution in [0.4, 0.5) is 8.78 Å². The summed E-state index contributed by atoms with van der Waals surface area (Å²) in [7, 11) is 0. The van der Waals surface area contributed by atoms with Crippen molar-refractivity contribution in [3.8, 4) is 5.75 Å². The number of carbonyl (C=O) groups is 3. The first-order valence-electron chi connectivity index (χ1n) is 7.76. The van der Waals surface area contributed by atoms with Crippen molar-refractivity contribution in [2.75, 3.05) is 12.4 Å². The van der Waals surface area contributed by atoms with E-state index in [1.165, 1.54) is 36.0 Å². The quantitative estimate of drug-likeness (QED) is 0.465. The number of imide groups is 1. The first-order valence-corrected chi connectivity index (χ1v) is 9.54. The van der Waals surface area contributed by atoms with Crippen molar-refractivity contribution < 1.29 is 32.6 Å². The van der Waals surface area contributed by atoms with Gasteiger partial charge in [-0.2, -0.15) is 8.78 Å². The van der Waals surface area contributed by atoms with Gasteiger partial charge in [0, 0.05) is 14.9 Å². The van der Waals surface area contributed by atoms with Crippen LogP contribution in [0.5, 0.6) is 5.75 Å². The van der Waals surface area contributed by atoms with Crippen LogP contribution in [0.25, 0.3) is 0 Å². The van der Waals surface area contributed by atoms with Crippen molar-refractivity contribution in [3.05, 3.63) is 58.6 Å². The van der Waals surface area contributed by atoms with Gasteiger partial charge in [0.15, 0.2) is 6.61 Å². The summed E-state index contributed by atoms with van der Waals surface area (Å²) in [5.74, 6) is -2.28. The fourth-order valence-electron chi connectivity index (χ4n) is 1.88. The maximum atomic E-state index is 12.1. The third kappa shape index (κ3) is 7.65. The Hall–Kier alpha value is -2.46. The molecule has 0 aliphatic carbocycles. The smallest absolute Gasteiger partial charge is 0.387 e. The molecule has 2 rings (SSSR count). The number of halogens is 3. The lowest BCUT2D eigenvalue weighted by Gasteiger charge is -2.07. The zero-order valence-electron chi connectivity index (χ0n) is 14.2. The second-order valence-corrected chi connectivity index (χ2v) is 7.15. The van der Waals surface area contributed by atoms with Gasteiger partial charge in [-0.05, 0) is 48.5 Å². The molecule has 1 N–H and O–H groups in total. The molecular formula is C18H14BrF2NO5S. The number of hydrogen-bond donors (Lipinski definition) is 1. The predicted molar refractivity (Wildman–Crippen MR) is 101 cm³/mol. The summed E-state index contributed by atoms with van der Waals surface area (Å²) in [5.41, 5.74) is 0.0621. The average Bonchev–Trinajstić information content (AvgIpc) is 2.66. The fourth-order valence-corrected chi connectivity index (χ4v) is 2.84. The summed E-state index contributed by atoms with van der Waals surface area (Å²) in [5, 5.41) is 2.04. The molecule has 0 heterocycles. The van der Waals surface area contributed by atoms with Gasteiger partial charge in [-0.15, -0.1) is 11.8 Å². The minimum atomic E-state index is -2.97. The molecule has 0 aromatic heterocycles. The minimum absolute atomic E-state index is 0.00839. The largest absolute Gasteiger partial charge is 0.455 e. The molecule has 2 aromatic rings. The second kappa shape index (κ2) is 10.8. The second-order valence-electron chi connectivity index (χ2n) is 5.18. The fraction of sp³-hybridized carbons (Fsp3) is 0.167. The maximum absolute atomic E-state index is 12.1. The monoisotopic (exact) mass is 473 g/mol. The Morgan fingerprint density at radius 3 is 2.29 bits per heavy atom. The van der Waals surface area contributed by atoms with E-state index in [2.05, 4.69) is 20.7 Å². The zero-order valence-corrected chi connectivity index (χ0v) is 16.6. The van der Waals surface area contributed by atoms with Gasteiger partial charge >= 0.3 is 12.6 Å². The Morgan fingerprint density at radius 2 is 1.68 bits per heavy atom. The molecule has 10 heteroatoms. The van der Waals surface area contributed by atoms with Gasteiger partial charge in [0.2, 0.25) is 0 Å². The Balaban J connectivity index is 1.72. The van der Waals surface area contributed by atoms with E-state index in [0.717, 1.165) is 9.37 Å². The van der Waals surface area contributed by atoms with Gasteiger partial charge in [-0.1, -0.05) is 15.9 Å². The van der Waals surface area contributed by atoms with Gasteiger partial charge in [-0.3, -0.25) is 19.7 Å². The van der Waals surface area contributed by atoms with Crippen molar-refractivity contribution in [1.82, 2.24) is 5.32 Å². The first kappa shape index (κ1) is 21.8. The van der Waals surface area contributed by atoms with Crippen LogP contribution in [-0.4, -0.2) is 36.8 Å². The molecule has 0 fully saturated rings. The van der Waals surface area contributed by atoms with Crippen LogP contribution in [0.2, 0.25) is 0 Å². The lowest BCUT2D eigenvalue weighted by atomic mass is 10.2. The third-order valence-electron chi connectivity index (χ3n) is 3.13. The first-order chi connectivity index (χ1) is 13.3. The third-order valence-corrected chi connectivity index (χ3v) is 4.64. The standard InChI is InChI=1S/C18H14BrF2NO5S/c19-12-3-7-14(8-4-12)28-10-16(24)26-9-15(23)22-17(25)11-1-5-13(6-2-11)27-18(20)21/h1-8,18H,9-10H2,(H,22,23,25). The molecule has 0 spiro atoms. The highest BCUT2D eigenvalue weighted by Crippen LogP contribution is 2.20. The van der Waals surface area contributed by atoms with E-state index in [-0.39, 0.29) is 17.1 Å². The van der Waals surface area contributed by atoms with Crippen molar-refractivity contribution in [1.29, 1.82) is 0 Å². The Morgan fingerprint density at radius 1 is 1.04 bits per heavy atom. The van der Waals surface area contributed by atoms with Gasteiger partial charge in [-0.25, -0.2) is 0 Å². The molecule has 6 nitrogen and oxygen atoms in total. The van der Waals surface area contributed by atoms with Gasteiger partial charge < -0.3 is 9.47 Å². The van der Waals surface area contributed by atoms with E-state index < -0.39 is 31.0 Å². The summed E-state index contributed by atoms with van der Waals surface area (Å²) in [4.78, 5) is 36.1. The predicted octanol–water partition coefficient (Wildman–Crippen LogP) is 3.64. The summed E-state index contributed by atoms with van der Waals surface area (Å²) in [6, 6.07) is 12.1. The highest BCUT2D eigenvalue weighted by atomic mass is 79.9. The van der Waals surface area contributed by atoms with Crippen molar-refractivity contribution in [2.45, 2.75) is 11.5 Å². The molecule has 2 amide bonds. The molecular weight excluding hydrogens is 460 g/mol. The van der Waals surface area contributed by atoms with Crippen LogP contribution in [-0.2, 0) is 14.3 Å². The Bertz CT molecular complexity index is 831. The summed E-state index contributed by atoms with van der Waals surface area (Å²) < 4.78 is 34.0. The summed E-state index contributed by atoms with van der Waals surface area (Å²) >= 11 is 4.55. The molecule has 28 heavy (non-hydrogen) atoms. The van der Waals surface area contributed by atoms with E-state index in [4.69, 9.17) is 4.74 Å². The molecule has 148 valence electrons. The zero-order chi connectivity index (χ0) is 20.5. The number of esters is 1. The topological polar surface area (TPSA) is 81.7 Å². The van der Waals surface area contributed by atoms with E-state index in [0.29, 0.717) is 0 Å². The van der Waals surface area contributed by atoms with Crippen molar-refractivity contribution in [2.24, 2.45) is 0 Å². The minimum Gasteiger partial charge on any atom is -0.455 e. The number of ether oxygens (including phenoxy) is 2. The molecule has 0 aliphatic heterocycles. The Kier molecular flexibility index (Phi) is 8.40. The number of carbonyl (C=O) groups excluding carboxylic acids is 3. The van der Waals surface area contributed by atoms with Crippen LogP contribution in [0, 0.1) is 0 Å². The number of thioether (sulfide) groups is 1. The van der Waals surface area contributed by atoms with Crippen molar-refractivity contribution in [3.63, 3.8) is 0 Å². The number of rotatable bonds is 8. The van der Waals surface area contributed by atoms with E-state index in [9.17, 15) is 23.2 Å². The van der Waals surface area contributed by atoms with Gasteiger partial charge in [0.05, 0.1) is 5.75 Å². The molecule has 2 aromatic carbocycles. The summed E-state index contributed by atoms with van der Waals surface area (Å²) in [6.45, 7) is -3.59. The molecule has 0 saturated heterocycles. The van der Waals surface area contributed by atoms with Crippen LogP contribution < -0.4 is 10.1 Å². The number of hydrogen-bond acceptors (Lipinski definition) is 6. The van der Waals surface area contributed by atoms with E-state index in [1.807, 2.05) is 29.6 Å². The van der Waals surface area contributed by atoms with Crippen LogP contribution >= 0.6 is 27.7 Å². The highest BCUT2D eigenvalue weighted by molar-refractivity contribution is 9.10. The molecule has 0 aliphatic rings. The highest BCUT2D eigenvalue weighted by Gasteiger charge is 2.13. The number of nitrogens with one attached hydrogen (secondary N) is 1. The molecule has 0 bridgehead atoms. The number of benzene rings is 2. The number of amides is 2. The lowest BCUT2D eigenvalue weighted by molar-refractivity contribution is -0.145. The Labute approximate surface area is 171 Å². The lowest BCUT2D eigenvalue weighted by Crippen LogP contribution is -2.34. The maximum Gasteiger partial charge on any atom is 0.387 e. The normalized spacial score (nSPS) is 10.4. The van der Waals surface area contributed by atoms with E-state index in [1.54, 1.807) is 0 Å². The molecule has 0 unspecified atom stereocenters. The van der Waals surface area contributed by atoms with Crippen LogP contribution in [0.1, 0.15) is 10.4 Å². The molecule has 0 saturated carbocycles. The van der Waals surface area contributed by atoms with Gasteiger partial charge in [0.25, 0.3) is 11.8 Å². The van der Waals surface area contributed by atoms with E-state index >= 15 is 0 Å². The van der Waals surface area contributed by atoms with Gasteiger partial charge in [0.1, 0.15) is 5.75 Å².